The van der Waals surface area contributed by atoms with Gasteiger partial charge in [0, 0.05) is 55.3 Å². The van der Waals surface area contributed by atoms with Crippen molar-refractivity contribution in [2.45, 2.75) is 121 Å². The van der Waals surface area contributed by atoms with Crippen LogP contribution in [-0.2, 0) is 28.5 Å². The molecule has 17 atom stereocenters. The van der Waals surface area contributed by atoms with Gasteiger partial charge in [-0.1, -0.05) is 17.7 Å². The normalized spacial score (nSPS) is 48.0. The van der Waals surface area contributed by atoms with E-state index >= 15 is 0 Å². The highest BCUT2D eigenvalue weighted by Crippen LogP contribution is 2.60. The Morgan fingerprint density at radius 3 is 2.64 bits per heavy atom. The van der Waals surface area contributed by atoms with E-state index in [4.69, 9.17) is 30.4 Å². The summed E-state index contributed by atoms with van der Waals surface area (Å²) in [6.07, 6.45) is 6.03. The van der Waals surface area contributed by atoms with Gasteiger partial charge in [0.1, 0.15) is 17.5 Å². The highest BCUT2D eigenvalue weighted by molar-refractivity contribution is 5.88. The molecule has 0 aromatic rings. The van der Waals surface area contributed by atoms with E-state index in [-0.39, 0.29) is 60.7 Å². The number of nitrogens with two attached hydrogens (primary N) is 2. The van der Waals surface area contributed by atoms with E-state index in [2.05, 4.69) is 23.6 Å². The zero-order chi connectivity index (χ0) is 37.3. The van der Waals surface area contributed by atoms with Gasteiger partial charge < -0.3 is 51.3 Å². The summed E-state index contributed by atoms with van der Waals surface area (Å²) in [4.78, 5) is 27.6. The number of aliphatic hydroxyl groups is 2. The third kappa shape index (κ3) is 6.42. The quantitative estimate of drug-likeness (QED) is 0.172. The van der Waals surface area contributed by atoms with Gasteiger partial charge in [-0.15, -0.1) is 0 Å². The highest BCUT2D eigenvalue weighted by Gasteiger charge is 2.65. The molecule has 294 valence electrons. The molecule has 5 saturated heterocycles. The van der Waals surface area contributed by atoms with E-state index in [1.165, 1.54) is 16.7 Å². The molecule has 0 spiro atoms. The Balaban J connectivity index is 1.33. The molecular weight excluding hydrogens is 676 g/mol. The third-order valence-corrected chi connectivity index (χ3v) is 15.1. The summed E-state index contributed by atoms with van der Waals surface area (Å²) in [6, 6.07) is 0. The lowest BCUT2D eigenvalue weighted by atomic mass is 9.57. The van der Waals surface area contributed by atoms with E-state index < -0.39 is 53.9 Å². The smallest absolute Gasteiger partial charge is 0.333 e. The van der Waals surface area contributed by atoms with Crippen LogP contribution in [0.5, 0.6) is 0 Å². The van der Waals surface area contributed by atoms with Gasteiger partial charge >= 0.3 is 5.97 Å². The lowest BCUT2D eigenvalue weighted by Crippen LogP contribution is -2.70. The van der Waals surface area contributed by atoms with Gasteiger partial charge in [-0.05, 0) is 108 Å². The van der Waals surface area contributed by atoms with Gasteiger partial charge in [0.05, 0.1) is 49.3 Å². The first-order valence-electron chi connectivity index (χ1n) is 20.4. The Hall–Kier alpha value is -2.00. The van der Waals surface area contributed by atoms with Crippen molar-refractivity contribution >= 4 is 11.8 Å². The summed E-state index contributed by atoms with van der Waals surface area (Å²) < 4.78 is 26.5. The number of carbonyl (C=O) groups is 2. The van der Waals surface area contributed by atoms with Crippen LogP contribution in [0.15, 0.2) is 34.4 Å². The van der Waals surface area contributed by atoms with Crippen molar-refractivity contribution in [1.82, 2.24) is 10.6 Å². The Labute approximate surface area is 313 Å². The molecule has 8 aliphatic rings. The number of fused-ring (bicyclic) bond motifs is 7. The molecule has 53 heavy (non-hydrogen) atoms. The van der Waals surface area contributed by atoms with Crippen LogP contribution in [0.4, 0.5) is 0 Å². The number of carbonyl (C=O) groups excluding carboxylic acids is 2. The van der Waals surface area contributed by atoms with Crippen molar-refractivity contribution in [3.63, 3.8) is 0 Å². The van der Waals surface area contributed by atoms with Gasteiger partial charge in [0.2, 0.25) is 0 Å². The Bertz CT molecular complexity index is 1530. The van der Waals surface area contributed by atoms with Crippen LogP contribution in [0.2, 0.25) is 0 Å². The number of methoxy groups -OCH3 is 1. The number of ether oxygens (including phenoxy) is 4. The largest absolute Gasteiger partial charge is 0.456 e. The first-order chi connectivity index (χ1) is 25.5. The van der Waals surface area contributed by atoms with Crippen molar-refractivity contribution in [3.8, 4) is 0 Å². The van der Waals surface area contributed by atoms with Crippen LogP contribution in [0.1, 0.15) is 72.1 Å². The van der Waals surface area contributed by atoms with Crippen molar-refractivity contribution in [3.05, 3.63) is 34.4 Å². The lowest BCUT2D eigenvalue weighted by Gasteiger charge is -2.61. The summed E-state index contributed by atoms with van der Waals surface area (Å²) in [5.41, 5.74) is 17.3. The third-order valence-electron chi connectivity index (χ3n) is 15.1. The van der Waals surface area contributed by atoms with Crippen LogP contribution >= 0.6 is 0 Å². The molecule has 0 aromatic carbocycles. The molecule has 0 amide bonds. The number of piperidine rings is 2. The topological polar surface area (TPSA) is 188 Å². The Morgan fingerprint density at radius 1 is 1.08 bits per heavy atom. The maximum Gasteiger partial charge on any atom is 0.333 e. The lowest BCUT2D eigenvalue weighted by molar-refractivity contribution is -0.294. The first kappa shape index (κ1) is 37.9. The second kappa shape index (κ2) is 14.8. The van der Waals surface area contributed by atoms with Crippen LogP contribution in [-0.4, -0.2) is 104 Å². The number of rotatable bonds is 6. The second-order valence-corrected chi connectivity index (χ2v) is 17.8. The predicted molar refractivity (Wildman–Crippen MR) is 197 cm³/mol. The number of esters is 1. The number of hydrogen-bond donors (Lipinski definition) is 6. The predicted octanol–water partition coefficient (Wildman–Crippen LogP) is 2.08. The van der Waals surface area contributed by atoms with Crippen molar-refractivity contribution in [1.29, 1.82) is 0 Å². The fourth-order valence-electron chi connectivity index (χ4n) is 12.3. The van der Waals surface area contributed by atoms with Crippen LogP contribution < -0.4 is 22.1 Å². The van der Waals surface area contributed by atoms with Crippen molar-refractivity contribution < 1.29 is 38.7 Å². The molecule has 0 radical (unpaired) electrons. The number of aliphatic hydroxyl groups excluding tert-OH is 2. The molecule has 2 bridgehead atoms. The molecule has 8 rings (SSSR count). The second-order valence-electron chi connectivity index (χ2n) is 17.8. The minimum Gasteiger partial charge on any atom is -0.456 e. The summed E-state index contributed by atoms with van der Waals surface area (Å²) in [7, 11) is 1.76. The molecule has 3 aliphatic carbocycles. The summed E-state index contributed by atoms with van der Waals surface area (Å²) in [5.74, 6) is -1.01. The molecule has 12 heteroatoms. The first-order valence-corrected chi connectivity index (χ1v) is 20.4. The van der Waals surface area contributed by atoms with Gasteiger partial charge in [-0.25, -0.2) is 4.79 Å². The van der Waals surface area contributed by atoms with E-state index in [0.29, 0.717) is 36.9 Å². The monoisotopic (exact) mass is 738 g/mol. The molecule has 1 saturated carbocycles. The van der Waals surface area contributed by atoms with E-state index in [0.717, 1.165) is 45.2 Å². The molecule has 5 heterocycles. The minimum absolute atomic E-state index is 0.00492. The average molecular weight is 739 g/mol. The highest BCUT2D eigenvalue weighted by atomic mass is 16.6. The molecule has 0 aromatic heterocycles. The fraction of sp³-hybridized carbons (Fsp3) is 0.805. The molecule has 6 fully saturated rings. The Kier molecular flexibility index (Phi) is 10.6. The average Bonchev–Trinajstić information content (AvgIpc) is 3.37. The SMILES string of the molecule is CC=C(C)C(=O)O[C@H]1CC2C(O)C3C(=O)CC(CO)OC3C3CC4CCNC(N)C4C4=C[C@@H](CCOC)C5=C4[C@@H](CC4CNC(N)CC4C5)[C@]1(C)OC23. The maximum absolute atomic E-state index is 13.9. The molecule has 5 aliphatic heterocycles. The van der Waals surface area contributed by atoms with Gasteiger partial charge in [0.25, 0.3) is 0 Å². The van der Waals surface area contributed by atoms with Crippen molar-refractivity contribution in [2.24, 2.45) is 64.7 Å². The van der Waals surface area contributed by atoms with Crippen LogP contribution in [0.25, 0.3) is 0 Å². The van der Waals surface area contributed by atoms with E-state index in [9.17, 15) is 19.8 Å². The maximum atomic E-state index is 13.9. The molecule has 12 nitrogen and oxygen atoms in total. The number of ketones is 1. The Morgan fingerprint density at radius 2 is 1.89 bits per heavy atom. The minimum atomic E-state index is -1.03. The summed E-state index contributed by atoms with van der Waals surface area (Å²) >= 11 is 0. The fourth-order valence-corrected chi connectivity index (χ4v) is 12.3. The van der Waals surface area contributed by atoms with Gasteiger partial charge in [0.15, 0.2) is 0 Å². The number of allylic oxidation sites excluding steroid dienone is 3. The van der Waals surface area contributed by atoms with Gasteiger partial charge in [-0.3, -0.25) is 4.79 Å². The van der Waals surface area contributed by atoms with Crippen LogP contribution in [0.3, 0.4) is 0 Å². The van der Waals surface area contributed by atoms with Crippen LogP contribution in [0, 0.1) is 53.3 Å². The molecule has 8 N–H and O–H groups in total. The number of nitrogens with one attached hydrogen (secondary N) is 2. The standard InChI is InChI=1S/C41H62N4O8/c1-5-19(2)40(49)52-31-16-27-36(48)35-30(47)15-24(18-46)51-38(35)28-11-21-6-8-44-39(43)33(21)26-10-20(7-9-50-4)25-12-22-14-32(42)45-17-23(22)13-29(34(25)26)41(31,3)53-37(27)28/h5,10,20-24,27-29,31-33,35-39,44-46,48H,6-9,11-18,42-43H2,1-4H3/t20-,21?,22?,23?,24?,27?,28?,29-,31+,32?,33?,35?,36?,37?,38?,39?,41+/m1/s1. The molecule has 13 unspecified atom stereocenters. The summed E-state index contributed by atoms with van der Waals surface area (Å²) in [6.45, 7) is 7.68. The summed E-state index contributed by atoms with van der Waals surface area (Å²) in [5, 5.41) is 29.6. The zero-order valence-electron chi connectivity index (χ0n) is 31.9. The molecular formula is C41H62N4O8. The van der Waals surface area contributed by atoms with E-state index in [1.807, 2.05) is 6.92 Å². The number of hydrogen-bond acceptors (Lipinski definition) is 12. The number of Topliss-reactive ketones (excluding diaryl/α,β-unsaturated/α-hetero) is 1. The zero-order valence-corrected chi connectivity index (χ0v) is 31.9. The van der Waals surface area contributed by atoms with Crippen molar-refractivity contribution in [2.75, 3.05) is 33.4 Å². The van der Waals surface area contributed by atoms with Gasteiger partial charge in [-0.2, -0.15) is 0 Å². The van der Waals surface area contributed by atoms with E-state index in [1.54, 1.807) is 20.1 Å².